The first-order valence-corrected chi connectivity index (χ1v) is 8.93. The lowest BCUT2D eigenvalue weighted by molar-refractivity contribution is 0.437. The van der Waals surface area contributed by atoms with Gasteiger partial charge in [0.1, 0.15) is 0 Å². The van der Waals surface area contributed by atoms with Gasteiger partial charge in [-0.05, 0) is 47.3 Å². The first-order valence-electron chi connectivity index (χ1n) is 8.93. The highest BCUT2D eigenvalue weighted by Crippen LogP contribution is 2.32. The SMILES string of the molecule is CCC(C)(C)c1ccc(-c2ccc(C(C)(CC)CC)cn2)cc1. The van der Waals surface area contributed by atoms with Crippen LogP contribution in [0.5, 0.6) is 0 Å². The van der Waals surface area contributed by atoms with E-state index < -0.39 is 0 Å². The largest absolute Gasteiger partial charge is 0.256 e. The Kier molecular flexibility index (Phi) is 5.29. The molecular weight excluding hydrogens is 278 g/mol. The summed E-state index contributed by atoms with van der Waals surface area (Å²) in [6, 6.07) is 13.3. The second-order valence-corrected chi connectivity index (χ2v) is 7.51. The molecule has 1 aromatic carbocycles. The van der Waals surface area contributed by atoms with Crippen LogP contribution in [0.2, 0.25) is 0 Å². The van der Waals surface area contributed by atoms with Crippen molar-refractivity contribution in [3.05, 3.63) is 53.7 Å². The van der Waals surface area contributed by atoms with Crippen LogP contribution in [0.4, 0.5) is 0 Å². The molecular formula is C22H31N. The first-order chi connectivity index (χ1) is 10.9. The molecule has 1 aromatic heterocycles. The summed E-state index contributed by atoms with van der Waals surface area (Å²) in [7, 11) is 0. The van der Waals surface area contributed by atoms with Gasteiger partial charge in [0.05, 0.1) is 5.69 Å². The van der Waals surface area contributed by atoms with E-state index in [0.717, 1.165) is 25.0 Å². The van der Waals surface area contributed by atoms with Crippen LogP contribution in [0.3, 0.4) is 0 Å². The number of aromatic nitrogens is 1. The second kappa shape index (κ2) is 6.86. The molecule has 0 fully saturated rings. The lowest BCUT2D eigenvalue weighted by Crippen LogP contribution is -2.19. The summed E-state index contributed by atoms with van der Waals surface area (Å²) in [4.78, 5) is 4.72. The molecule has 0 saturated heterocycles. The minimum atomic E-state index is 0.236. The van der Waals surface area contributed by atoms with Crippen molar-refractivity contribution in [3.8, 4) is 11.3 Å². The fourth-order valence-electron chi connectivity index (χ4n) is 2.88. The van der Waals surface area contributed by atoms with Crippen LogP contribution in [0.15, 0.2) is 42.6 Å². The molecule has 0 bridgehead atoms. The minimum Gasteiger partial charge on any atom is -0.256 e. The molecule has 0 aliphatic rings. The Hall–Kier alpha value is -1.63. The summed E-state index contributed by atoms with van der Waals surface area (Å²) in [5.74, 6) is 0. The van der Waals surface area contributed by atoms with Crippen molar-refractivity contribution in [3.63, 3.8) is 0 Å². The van der Waals surface area contributed by atoms with Gasteiger partial charge in [0.2, 0.25) is 0 Å². The fourth-order valence-corrected chi connectivity index (χ4v) is 2.88. The normalized spacial score (nSPS) is 12.4. The third kappa shape index (κ3) is 3.65. The predicted octanol–water partition coefficient (Wildman–Crippen LogP) is 6.51. The van der Waals surface area contributed by atoms with Gasteiger partial charge in [0.15, 0.2) is 0 Å². The van der Waals surface area contributed by atoms with Crippen LogP contribution < -0.4 is 0 Å². The van der Waals surface area contributed by atoms with E-state index in [9.17, 15) is 0 Å². The van der Waals surface area contributed by atoms with Crippen molar-refractivity contribution in [1.82, 2.24) is 4.98 Å². The molecule has 23 heavy (non-hydrogen) atoms. The van der Waals surface area contributed by atoms with E-state index in [2.05, 4.69) is 84.1 Å². The van der Waals surface area contributed by atoms with Gasteiger partial charge in [-0.3, -0.25) is 4.98 Å². The molecule has 1 nitrogen and oxygen atoms in total. The van der Waals surface area contributed by atoms with Crippen molar-refractivity contribution in [2.24, 2.45) is 0 Å². The maximum absolute atomic E-state index is 4.72. The maximum atomic E-state index is 4.72. The van der Waals surface area contributed by atoms with Crippen LogP contribution >= 0.6 is 0 Å². The summed E-state index contributed by atoms with van der Waals surface area (Å²) in [6.07, 6.45) is 5.49. The van der Waals surface area contributed by atoms with Gasteiger partial charge in [-0.2, -0.15) is 0 Å². The maximum Gasteiger partial charge on any atom is 0.0702 e. The third-order valence-corrected chi connectivity index (χ3v) is 5.87. The number of benzene rings is 1. The molecule has 2 aromatic rings. The molecule has 1 heterocycles. The Balaban J connectivity index is 2.27. The van der Waals surface area contributed by atoms with Crippen LogP contribution in [0.25, 0.3) is 11.3 Å². The highest BCUT2D eigenvalue weighted by atomic mass is 14.7. The van der Waals surface area contributed by atoms with E-state index in [1.54, 1.807) is 0 Å². The molecule has 0 saturated carbocycles. The van der Waals surface area contributed by atoms with Crippen molar-refractivity contribution >= 4 is 0 Å². The van der Waals surface area contributed by atoms with E-state index in [-0.39, 0.29) is 10.8 Å². The predicted molar refractivity (Wildman–Crippen MR) is 101 cm³/mol. The zero-order chi connectivity index (χ0) is 17.1. The molecule has 124 valence electrons. The quantitative estimate of drug-likeness (QED) is 0.592. The van der Waals surface area contributed by atoms with Crippen molar-refractivity contribution < 1.29 is 0 Å². The minimum absolute atomic E-state index is 0.236. The van der Waals surface area contributed by atoms with Crippen molar-refractivity contribution in [2.45, 2.75) is 71.6 Å². The monoisotopic (exact) mass is 309 g/mol. The van der Waals surface area contributed by atoms with E-state index >= 15 is 0 Å². The van der Waals surface area contributed by atoms with Gasteiger partial charge < -0.3 is 0 Å². The lowest BCUT2D eigenvalue weighted by atomic mass is 9.78. The molecule has 0 spiro atoms. The van der Waals surface area contributed by atoms with E-state index in [4.69, 9.17) is 4.98 Å². The van der Waals surface area contributed by atoms with E-state index in [1.807, 2.05) is 0 Å². The Labute approximate surface area is 142 Å². The topological polar surface area (TPSA) is 12.9 Å². The van der Waals surface area contributed by atoms with Crippen LogP contribution in [0, 0.1) is 0 Å². The molecule has 1 heteroatoms. The van der Waals surface area contributed by atoms with Crippen molar-refractivity contribution in [2.75, 3.05) is 0 Å². The number of nitrogens with zero attached hydrogens (tertiary/aromatic N) is 1. The first kappa shape index (κ1) is 17.7. The summed E-state index contributed by atoms with van der Waals surface area (Å²) in [5.41, 5.74) is 5.46. The highest BCUT2D eigenvalue weighted by Gasteiger charge is 2.22. The molecule has 0 atom stereocenters. The number of hydrogen-bond donors (Lipinski definition) is 0. The van der Waals surface area contributed by atoms with Crippen LogP contribution in [-0.4, -0.2) is 4.98 Å². The van der Waals surface area contributed by atoms with Gasteiger partial charge >= 0.3 is 0 Å². The molecule has 0 N–H and O–H groups in total. The van der Waals surface area contributed by atoms with Crippen LogP contribution in [-0.2, 0) is 10.8 Å². The number of rotatable bonds is 6. The standard InChI is InChI=1S/C22H31N/c1-7-21(4,5)18-12-10-17(11-13-18)20-15-14-19(16-23-20)22(6,8-2)9-3/h10-16H,7-9H2,1-6H3. The van der Waals surface area contributed by atoms with Gasteiger partial charge in [-0.15, -0.1) is 0 Å². The highest BCUT2D eigenvalue weighted by molar-refractivity contribution is 5.60. The molecule has 0 aliphatic heterocycles. The fraction of sp³-hybridized carbons (Fsp3) is 0.500. The second-order valence-electron chi connectivity index (χ2n) is 7.51. The molecule has 0 aliphatic carbocycles. The Morgan fingerprint density at radius 3 is 1.74 bits per heavy atom. The zero-order valence-electron chi connectivity index (χ0n) is 15.6. The summed E-state index contributed by atoms with van der Waals surface area (Å²) in [5, 5.41) is 0. The third-order valence-electron chi connectivity index (χ3n) is 5.87. The average molecular weight is 309 g/mol. The Morgan fingerprint density at radius 1 is 0.739 bits per heavy atom. The van der Waals surface area contributed by atoms with Crippen molar-refractivity contribution in [1.29, 1.82) is 0 Å². The smallest absolute Gasteiger partial charge is 0.0702 e. The van der Waals surface area contributed by atoms with Crippen LogP contribution in [0.1, 0.15) is 71.9 Å². The summed E-state index contributed by atoms with van der Waals surface area (Å²) >= 11 is 0. The molecule has 0 radical (unpaired) electrons. The average Bonchev–Trinajstić information content (AvgIpc) is 2.61. The van der Waals surface area contributed by atoms with Gasteiger partial charge in [0.25, 0.3) is 0 Å². The van der Waals surface area contributed by atoms with E-state index in [0.29, 0.717) is 0 Å². The lowest BCUT2D eigenvalue weighted by Gasteiger charge is -2.27. The summed E-state index contributed by atoms with van der Waals surface area (Å²) in [6.45, 7) is 13.7. The molecule has 0 amide bonds. The van der Waals surface area contributed by atoms with Gasteiger partial charge in [-0.25, -0.2) is 0 Å². The number of pyridine rings is 1. The Bertz CT molecular complexity index is 616. The molecule has 2 rings (SSSR count). The summed E-state index contributed by atoms with van der Waals surface area (Å²) < 4.78 is 0. The Morgan fingerprint density at radius 2 is 1.30 bits per heavy atom. The number of hydrogen-bond acceptors (Lipinski definition) is 1. The van der Waals surface area contributed by atoms with E-state index in [1.165, 1.54) is 16.7 Å². The van der Waals surface area contributed by atoms with Gasteiger partial charge in [-0.1, -0.05) is 71.9 Å². The van der Waals surface area contributed by atoms with Gasteiger partial charge in [0, 0.05) is 11.8 Å². The zero-order valence-corrected chi connectivity index (χ0v) is 15.6. The molecule has 0 unspecified atom stereocenters.